The molecular weight excluding hydrogens is 380 g/mol. The molecule has 0 aliphatic carbocycles. The maximum absolute atomic E-state index is 2.00. The minimum Gasteiger partial charge on any atom is -1.00 e. The molecule has 0 amide bonds. The van der Waals surface area contributed by atoms with Gasteiger partial charge < -0.3 is 49.6 Å². The fourth-order valence-electron chi connectivity index (χ4n) is 0.642. The van der Waals surface area contributed by atoms with Crippen molar-refractivity contribution < 1.29 is 83.2 Å². The van der Waals surface area contributed by atoms with Crippen molar-refractivity contribution in [2.75, 3.05) is 0 Å². The van der Waals surface area contributed by atoms with Gasteiger partial charge in [0.25, 0.3) is 0 Å². The average molecular weight is 390 g/mol. The van der Waals surface area contributed by atoms with E-state index in [1.54, 1.807) is 0 Å². The largest absolute Gasteiger partial charge is 3.00 e. The van der Waals surface area contributed by atoms with Crippen LogP contribution in [0.25, 0.3) is 0 Å². The third-order valence-electron chi connectivity index (χ3n) is 1.11. The molecule has 0 saturated carbocycles. The molecule has 0 aliphatic heterocycles. The van der Waals surface area contributed by atoms with E-state index in [0.29, 0.717) is 0 Å². The molecule has 0 heterocycles. The zero-order valence-corrected chi connectivity index (χ0v) is 13.1. The molecule has 1 radical (unpaired) electrons. The molecule has 0 N–H and O–H groups in total. The molecule has 0 atom stereocenters. The topological polar surface area (TPSA) is 0 Å². The minimum absolute atomic E-state index is 0. The summed E-state index contributed by atoms with van der Waals surface area (Å²) in [5.74, 6) is 0. The summed E-state index contributed by atoms with van der Waals surface area (Å²) in [5, 5.41) is 0. The summed E-state index contributed by atoms with van der Waals surface area (Å²) < 4.78 is 0. The Hall–Kier alpha value is 0.873. The Labute approximate surface area is 143 Å². The summed E-state index contributed by atoms with van der Waals surface area (Å²) >= 11 is 0. The van der Waals surface area contributed by atoms with Crippen LogP contribution in [0.1, 0.15) is 0 Å². The van der Waals surface area contributed by atoms with Crippen molar-refractivity contribution in [2.45, 2.75) is 0 Å². The third kappa shape index (κ3) is 24.2. The molecule has 6 heteroatoms. The average Bonchev–Trinajstić information content (AvgIpc) is 2.67. The van der Waals surface area contributed by atoms with Gasteiger partial charge in [0.1, 0.15) is 0 Å². The van der Waals surface area contributed by atoms with Crippen molar-refractivity contribution in [2.24, 2.45) is 0 Å². The molecule has 0 bridgehead atoms. The molecule has 0 unspecified atom stereocenters. The van der Waals surface area contributed by atoms with Gasteiger partial charge in [0.15, 0.2) is 0 Å². The second-order valence-corrected chi connectivity index (χ2v) is 1.92. The fourth-order valence-corrected chi connectivity index (χ4v) is 0.642. The van der Waals surface area contributed by atoms with E-state index in [9.17, 15) is 0 Å². The van der Waals surface area contributed by atoms with Crippen molar-refractivity contribution >= 4 is 0 Å². The van der Waals surface area contributed by atoms with Crippen LogP contribution in [0.5, 0.6) is 0 Å². The Kier molecular flexibility index (Phi) is 66.7. The normalized spacial score (nSPS) is 5.00. The van der Waals surface area contributed by atoms with Gasteiger partial charge in [-0.15, -0.1) is 0 Å². The second kappa shape index (κ2) is 29.7. The molecule has 97 valence electrons. The molecule has 0 fully saturated rings. The fraction of sp³-hybridized carbons (Fsp3) is 0. The maximum Gasteiger partial charge on any atom is 3.00 e. The van der Waals surface area contributed by atoms with Crippen LogP contribution in [0.4, 0.5) is 0 Å². The molecule has 0 saturated heterocycles. The van der Waals surface area contributed by atoms with E-state index in [0.717, 1.165) is 0 Å². The first-order valence-corrected chi connectivity index (χ1v) is 3.33. The van der Waals surface area contributed by atoms with Crippen LogP contribution < -0.4 is 49.6 Å². The molecule has 0 aromatic heterocycles. The first-order chi connectivity index (χ1) is 5.00. The molecule has 0 nitrogen and oxygen atoms in total. The summed E-state index contributed by atoms with van der Waals surface area (Å²) in [6.07, 6.45) is 0. The number of halogens is 4. The molecular formula is C10H10Cl4Co2-. The molecule has 2 rings (SSSR count). The van der Waals surface area contributed by atoms with Crippen LogP contribution in [-0.4, -0.2) is 0 Å². The Morgan fingerprint density at radius 1 is 0.500 bits per heavy atom. The van der Waals surface area contributed by atoms with Gasteiger partial charge in [0.05, 0.1) is 0 Å². The predicted octanol–water partition coefficient (Wildman–Crippen LogP) is -9.18. The van der Waals surface area contributed by atoms with Crippen molar-refractivity contribution in [1.29, 1.82) is 0 Å². The molecule has 2 aromatic rings. The standard InChI is InChI=1S/2C5H5.4ClH.2Co/c2*1-2-4-5-3-1;;;;;;/h2*1-5H;4*1H;;/q2*-1;;;;;+2;+3/p-4. The first-order valence-electron chi connectivity index (χ1n) is 3.33. The van der Waals surface area contributed by atoms with E-state index >= 15 is 0 Å². The number of hydrogen-bond donors (Lipinski definition) is 0. The summed E-state index contributed by atoms with van der Waals surface area (Å²) in [5.41, 5.74) is 0. The Morgan fingerprint density at radius 2 is 0.688 bits per heavy atom. The maximum atomic E-state index is 2.00. The van der Waals surface area contributed by atoms with E-state index in [2.05, 4.69) is 0 Å². The van der Waals surface area contributed by atoms with E-state index < -0.39 is 0 Å². The van der Waals surface area contributed by atoms with Crippen molar-refractivity contribution in [3.8, 4) is 0 Å². The van der Waals surface area contributed by atoms with Gasteiger partial charge in [-0.25, -0.2) is 24.3 Å². The zero-order chi connectivity index (χ0) is 7.07. The summed E-state index contributed by atoms with van der Waals surface area (Å²) in [6, 6.07) is 20.0. The van der Waals surface area contributed by atoms with Gasteiger partial charge in [-0.3, -0.25) is 0 Å². The van der Waals surface area contributed by atoms with E-state index in [-0.39, 0.29) is 83.2 Å². The van der Waals surface area contributed by atoms with Crippen LogP contribution in [0.3, 0.4) is 0 Å². The van der Waals surface area contributed by atoms with Gasteiger partial charge in [0, 0.05) is 0 Å². The van der Waals surface area contributed by atoms with Gasteiger partial charge in [0.2, 0.25) is 0 Å². The molecule has 16 heavy (non-hydrogen) atoms. The van der Waals surface area contributed by atoms with Crippen molar-refractivity contribution in [3.63, 3.8) is 0 Å². The smallest absolute Gasteiger partial charge is 1.00 e. The predicted molar refractivity (Wildman–Crippen MR) is 44.1 cm³/mol. The van der Waals surface area contributed by atoms with Crippen molar-refractivity contribution in [1.82, 2.24) is 0 Å². The quantitative estimate of drug-likeness (QED) is 0.393. The van der Waals surface area contributed by atoms with E-state index in [1.165, 1.54) is 0 Å². The van der Waals surface area contributed by atoms with Crippen LogP contribution in [0.2, 0.25) is 0 Å². The molecule has 2 aromatic carbocycles. The van der Waals surface area contributed by atoms with Gasteiger partial charge in [-0.05, 0) is 0 Å². The van der Waals surface area contributed by atoms with Crippen LogP contribution in [0, 0.1) is 0 Å². The zero-order valence-electron chi connectivity index (χ0n) is 7.95. The Balaban J connectivity index is -0.0000000227. The number of hydrogen-bond acceptors (Lipinski definition) is 0. The third-order valence-corrected chi connectivity index (χ3v) is 1.11. The summed E-state index contributed by atoms with van der Waals surface area (Å²) in [7, 11) is 0. The minimum atomic E-state index is 0. The summed E-state index contributed by atoms with van der Waals surface area (Å²) in [6.45, 7) is 0. The Morgan fingerprint density at radius 3 is 0.750 bits per heavy atom. The molecule has 0 aliphatic rings. The summed E-state index contributed by atoms with van der Waals surface area (Å²) in [4.78, 5) is 0. The monoisotopic (exact) mass is 388 g/mol. The number of rotatable bonds is 0. The van der Waals surface area contributed by atoms with Crippen LogP contribution in [0.15, 0.2) is 60.7 Å². The van der Waals surface area contributed by atoms with Gasteiger partial charge >= 0.3 is 33.6 Å². The SMILES string of the molecule is [Cl-].[Cl-].[Cl-].[Cl-].[Co+2].[Co+3].c1cc[cH-]c1.c1cc[cH-]c1. The Bertz CT molecular complexity index is 160. The first kappa shape index (κ1) is 36.0. The van der Waals surface area contributed by atoms with Crippen LogP contribution in [-0.2, 0) is 33.6 Å². The van der Waals surface area contributed by atoms with E-state index in [1.807, 2.05) is 60.7 Å². The van der Waals surface area contributed by atoms with Gasteiger partial charge in [-0.1, -0.05) is 0 Å². The van der Waals surface area contributed by atoms with Crippen LogP contribution >= 0.6 is 0 Å². The van der Waals surface area contributed by atoms with E-state index in [4.69, 9.17) is 0 Å². The van der Waals surface area contributed by atoms with Crippen molar-refractivity contribution in [3.05, 3.63) is 60.7 Å². The molecule has 0 spiro atoms. The van der Waals surface area contributed by atoms with Gasteiger partial charge in [-0.2, -0.15) is 36.4 Å². The second-order valence-electron chi connectivity index (χ2n) is 1.92.